The predicted octanol–water partition coefficient (Wildman–Crippen LogP) is 2.06. The van der Waals surface area contributed by atoms with Gasteiger partial charge in [-0.1, -0.05) is 41.9 Å². The molecule has 0 unspecified atom stereocenters. The Kier molecular flexibility index (Phi) is 2.73. The van der Waals surface area contributed by atoms with E-state index in [1.165, 1.54) is 6.07 Å². The standard InChI is InChI=1S/C12H8BNO2/c13-11-7-3-1-5-9(11)10-6-2-4-8-12(10)14(15)16/h1-8H. The summed E-state index contributed by atoms with van der Waals surface area (Å²) in [6, 6.07) is 13.7. The van der Waals surface area contributed by atoms with Gasteiger partial charge in [0.1, 0.15) is 7.85 Å². The quantitative estimate of drug-likeness (QED) is 0.431. The molecule has 0 aliphatic heterocycles. The molecule has 0 aromatic heterocycles. The number of hydrogen-bond acceptors (Lipinski definition) is 2. The Morgan fingerprint density at radius 1 is 0.938 bits per heavy atom. The lowest BCUT2D eigenvalue weighted by Crippen LogP contribution is -2.06. The average Bonchev–Trinajstić information content (AvgIpc) is 2.29. The number of benzene rings is 2. The maximum Gasteiger partial charge on any atom is 0.277 e. The number of hydrogen-bond donors (Lipinski definition) is 0. The summed E-state index contributed by atoms with van der Waals surface area (Å²) in [5, 5.41) is 10.9. The summed E-state index contributed by atoms with van der Waals surface area (Å²) in [4.78, 5) is 10.5. The lowest BCUT2D eigenvalue weighted by molar-refractivity contribution is -0.384. The molecule has 2 rings (SSSR count). The van der Waals surface area contributed by atoms with Gasteiger partial charge in [-0.3, -0.25) is 10.1 Å². The Hall–Kier alpha value is -2.10. The fourth-order valence-corrected chi connectivity index (χ4v) is 1.60. The van der Waals surface area contributed by atoms with Crippen LogP contribution < -0.4 is 5.46 Å². The third kappa shape index (κ3) is 1.82. The summed E-state index contributed by atoms with van der Waals surface area (Å²) in [7, 11) is 5.80. The number of nitro groups is 1. The van der Waals surface area contributed by atoms with Crippen molar-refractivity contribution in [3.05, 3.63) is 58.6 Å². The largest absolute Gasteiger partial charge is 0.277 e. The zero-order chi connectivity index (χ0) is 11.5. The van der Waals surface area contributed by atoms with Gasteiger partial charge in [-0.15, -0.1) is 0 Å². The van der Waals surface area contributed by atoms with Crippen LogP contribution in [0.3, 0.4) is 0 Å². The first-order chi connectivity index (χ1) is 7.70. The van der Waals surface area contributed by atoms with E-state index in [2.05, 4.69) is 0 Å². The molecule has 0 aliphatic rings. The van der Waals surface area contributed by atoms with Crippen molar-refractivity contribution in [3.63, 3.8) is 0 Å². The van der Waals surface area contributed by atoms with Gasteiger partial charge in [-0.05, 0) is 11.6 Å². The summed E-state index contributed by atoms with van der Waals surface area (Å²) in [6.45, 7) is 0. The summed E-state index contributed by atoms with van der Waals surface area (Å²) < 4.78 is 0. The van der Waals surface area contributed by atoms with E-state index < -0.39 is 4.92 Å². The summed E-state index contributed by atoms with van der Waals surface area (Å²) in [5.74, 6) is 0. The zero-order valence-electron chi connectivity index (χ0n) is 8.46. The van der Waals surface area contributed by atoms with Gasteiger partial charge >= 0.3 is 0 Å². The number of para-hydroxylation sites is 1. The molecule has 16 heavy (non-hydrogen) atoms. The molecule has 0 atom stereocenters. The molecule has 0 saturated carbocycles. The highest BCUT2D eigenvalue weighted by Gasteiger charge is 2.14. The van der Waals surface area contributed by atoms with Crippen LogP contribution in [0.25, 0.3) is 11.1 Å². The van der Waals surface area contributed by atoms with Crippen molar-refractivity contribution in [2.75, 3.05) is 0 Å². The first kappa shape index (κ1) is 10.4. The van der Waals surface area contributed by atoms with E-state index >= 15 is 0 Å². The van der Waals surface area contributed by atoms with Crippen molar-refractivity contribution in [2.24, 2.45) is 0 Å². The van der Waals surface area contributed by atoms with Crippen LogP contribution in [-0.2, 0) is 0 Å². The van der Waals surface area contributed by atoms with Crippen molar-refractivity contribution in [3.8, 4) is 11.1 Å². The fraction of sp³-hybridized carbons (Fsp3) is 0. The topological polar surface area (TPSA) is 43.1 Å². The van der Waals surface area contributed by atoms with Crippen molar-refractivity contribution >= 4 is 19.0 Å². The van der Waals surface area contributed by atoms with Gasteiger partial charge in [0.2, 0.25) is 0 Å². The second kappa shape index (κ2) is 4.19. The van der Waals surface area contributed by atoms with Gasteiger partial charge in [0.05, 0.1) is 10.5 Å². The molecule has 0 fully saturated rings. The second-order valence-electron chi connectivity index (χ2n) is 3.36. The summed E-state index contributed by atoms with van der Waals surface area (Å²) >= 11 is 0. The van der Waals surface area contributed by atoms with Crippen molar-refractivity contribution in [1.29, 1.82) is 0 Å². The van der Waals surface area contributed by atoms with Crippen LogP contribution in [0.4, 0.5) is 5.69 Å². The first-order valence-electron chi connectivity index (χ1n) is 4.78. The molecule has 2 aromatic rings. The molecule has 0 saturated heterocycles. The highest BCUT2D eigenvalue weighted by Crippen LogP contribution is 2.27. The first-order valence-corrected chi connectivity index (χ1v) is 4.78. The van der Waals surface area contributed by atoms with Crippen LogP contribution in [0.1, 0.15) is 0 Å². The lowest BCUT2D eigenvalue weighted by atomic mass is 9.87. The minimum atomic E-state index is -0.401. The van der Waals surface area contributed by atoms with E-state index in [4.69, 9.17) is 7.85 Å². The average molecular weight is 209 g/mol. The van der Waals surface area contributed by atoms with E-state index in [1.54, 1.807) is 36.4 Å². The molecule has 0 bridgehead atoms. The van der Waals surface area contributed by atoms with Crippen LogP contribution in [0, 0.1) is 10.1 Å². The normalized spacial score (nSPS) is 10.0. The molecule has 0 N–H and O–H groups in total. The smallest absolute Gasteiger partial charge is 0.258 e. The molecule has 0 aliphatic carbocycles. The molecule has 0 spiro atoms. The Bertz CT molecular complexity index is 540. The number of rotatable bonds is 2. The lowest BCUT2D eigenvalue weighted by Gasteiger charge is -2.06. The van der Waals surface area contributed by atoms with Gasteiger partial charge in [-0.25, -0.2) is 0 Å². The van der Waals surface area contributed by atoms with Crippen LogP contribution in [-0.4, -0.2) is 12.8 Å². The molecular weight excluding hydrogens is 201 g/mol. The molecule has 76 valence electrons. The third-order valence-corrected chi connectivity index (χ3v) is 2.35. The molecule has 2 radical (unpaired) electrons. The monoisotopic (exact) mass is 209 g/mol. The maximum absolute atomic E-state index is 10.9. The molecule has 2 aromatic carbocycles. The SMILES string of the molecule is [B]c1ccccc1-c1ccccc1[N+](=O)[O-]. The molecule has 0 amide bonds. The van der Waals surface area contributed by atoms with Crippen LogP contribution in [0.5, 0.6) is 0 Å². The Morgan fingerprint density at radius 2 is 1.50 bits per heavy atom. The zero-order valence-corrected chi connectivity index (χ0v) is 8.46. The van der Waals surface area contributed by atoms with E-state index in [9.17, 15) is 10.1 Å². The minimum absolute atomic E-state index is 0.0698. The molecule has 4 heteroatoms. The second-order valence-corrected chi connectivity index (χ2v) is 3.36. The van der Waals surface area contributed by atoms with Crippen LogP contribution in [0.2, 0.25) is 0 Å². The van der Waals surface area contributed by atoms with Gasteiger partial charge in [0.25, 0.3) is 5.69 Å². The third-order valence-electron chi connectivity index (χ3n) is 2.35. The number of nitrogens with zero attached hydrogens (tertiary/aromatic N) is 1. The molecule has 0 heterocycles. The summed E-state index contributed by atoms with van der Waals surface area (Å²) in [5.41, 5.74) is 1.85. The van der Waals surface area contributed by atoms with Crippen molar-refractivity contribution in [1.82, 2.24) is 0 Å². The Labute approximate surface area is 94.3 Å². The van der Waals surface area contributed by atoms with E-state index in [0.717, 1.165) is 0 Å². The van der Waals surface area contributed by atoms with Crippen molar-refractivity contribution in [2.45, 2.75) is 0 Å². The maximum atomic E-state index is 10.9. The Balaban J connectivity index is 2.65. The van der Waals surface area contributed by atoms with Crippen LogP contribution >= 0.6 is 0 Å². The van der Waals surface area contributed by atoms with Gasteiger partial charge < -0.3 is 0 Å². The van der Waals surface area contributed by atoms with E-state index in [-0.39, 0.29) is 5.69 Å². The fourth-order valence-electron chi connectivity index (χ4n) is 1.60. The highest BCUT2D eigenvalue weighted by molar-refractivity contribution is 6.36. The van der Waals surface area contributed by atoms with Crippen molar-refractivity contribution < 1.29 is 4.92 Å². The van der Waals surface area contributed by atoms with Crippen LogP contribution in [0.15, 0.2) is 48.5 Å². The van der Waals surface area contributed by atoms with Gasteiger partial charge in [-0.2, -0.15) is 0 Å². The Morgan fingerprint density at radius 3 is 2.12 bits per heavy atom. The highest BCUT2D eigenvalue weighted by atomic mass is 16.6. The van der Waals surface area contributed by atoms with Gasteiger partial charge in [0.15, 0.2) is 0 Å². The summed E-state index contributed by atoms with van der Waals surface area (Å²) in [6.07, 6.45) is 0. The van der Waals surface area contributed by atoms with Gasteiger partial charge in [0, 0.05) is 6.07 Å². The van der Waals surface area contributed by atoms with E-state index in [0.29, 0.717) is 16.6 Å². The predicted molar refractivity (Wildman–Crippen MR) is 63.9 cm³/mol. The number of nitro benzene ring substituents is 1. The molecule has 3 nitrogen and oxygen atoms in total. The minimum Gasteiger partial charge on any atom is -0.258 e. The molecular formula is C12H8BNO2. The van der Waals surface area contributed by atoms with E-state index in [1.807, 2.05) is 6.07 Å².